The Morgan fingerprint density at radius 1 is 1.17 bits per heavy atom. The van der Waals surface area contributed by atoms with Crippen LogP contribution in [-0.4, -0.2) is 42.7 Å². The van der Waals surface area contributed by atoms with E-state index in [2.05, 4.69) is 15.3 Å². The fraction of sp³-hybridized carbons (Fsp3) is 0.267. The lowest BCUT2D eigenvalue weighted by atomic mass is 10.1. The van der Waals surface area contributed by atoms with Gasteiger partial charge in [-0.05, 0) is 37.1 Å². The molecule has 0 radical (unpaired) electrons. The predicted molar refractivity (Wildman–Crippen MR) is 86.8 cm³/mol. The van der Waals surface area contributed by atoms with Crippen LogP contribution in [0.5, 0.6) is 0 Å². The number of nitrogens with one attached hydrogen (secondary N) is 1. The number of hydrogen-bond donors (Lipinski definition) is 1. The number of carbonyl (C=O) groups excluding carboxylic acids is 1. The Labute approximate surface area is 135 Å². The lowest BCUT2D eigenvalue weighted by Gasteiger charge is -2.16. The Morgan fingerprint density at radius 3 is 2.43 bits per heavy atom. The molecule has 0 atom stereocenters. The predicted octanol–water partition coefficient (Wildman–Crippen LogP) is 1.60. The molecule has 2 rings (SSSR count). The molecule has 122 valence electrons. The molecule has 0 fully saturated rings. The fourth-order valence-electron chi connectivity index (χ4n) is 1.92. The zero-order valence-corrected chi connectivity index (χ0v) is 14.2. The van der Waals surface area contributed by atoms with E-state index < -0.39 is 15.9 Å². The van der Waals surface area contributed by atoms with Crippen LogP contribution < -0.4 is 5.32 Å². The van der Waals surface area contributed by atoms with Crippen molar-refractivity contribution >= 4 is 21.6 Å². The van der Waals surface area contributed by atoms with E-state index in [0.717, 1.165) is 15.4 Å². The molecule has 23 heavy (non-hydrogen) atoms. The van der Waals surface area contributed by atoms with Crippen molar-refractivity contribution in [2.24, 2.45) is 0 Å². The highest BCUT2D eigenvalue weighted by Gasteiger charge is 2.20. The van der Waals surface area contributed by atoms with E-state index in [1.807, 2.05) is 6.92 Å². The van der Waals surface area contributed by atoms with Gasteiger partial charge < -0.3 is 5.32 Å². The Bertz CT molecular complexity index is 833. The maximum absolute atomic E-state index is 12.3. The second kappa shape index (κ2) is 6.43. The summed E-state index contributed by atoms with van der Waals surface area (Å²) in [6.07, 6.45) is 4.23. The number of sulfonamides is 1. The molecule has 7 nitrogen and oxygen atoms in total. The van der Waals surface area contributed by atoms with Crippen LogP contribution in [-0.2, 0) is 10.0 Å². The van der Waals surface area contributed by atoms with E-state index in [0.29, 0.717) is 5.69 Å². The minimum atomic E-state index is -3.59. The summed E-state index contributed by atoms with van der Waals surface area (Å²) in [5, 5.41) is 2.69. The summed E-state index contributed by atoms with van der Waals surface area (Å²) in [5.41, 5.74) is 2.15. The van der Waals surface area contributed by atoms with Gasteiger partial charge in [0.15, 0.2) is 0 Å². The van der Waals surface area contributed by atoms with Crippen LogP contribution in [0.3, 0.4) is 0 Å². The van der Waals surface area contributed by atoms with Gasteiger partial charge in [0.05, 0.1) is 11.1 Å². The van der Waals surface area contributed by atoms with Gasteiger partial charge in [-0.1, -0.05) is 0 Å². The summed E-state index contributed by atoms with van der Waals surface area (Å²) < 4.78 is 25.7. The molecule has 1 amide bonds. The molecule has 2 aromatic rings. The Balaban J connectivity index is 2.43. The number of anilines is 1. The van der Waals surface area contributed by atoms with Gasteiger partial charge in [0.1, 0.15) is 5.69 Å². The van der Waals surface area contributed by atoms with Crippen molar-refractivity contribution in [3.8, 4) is 0 Å². The third-order valence-corrected chi connectivity index (χ3v) is 5.26. The first kappa shape index (κ1) is 17.0. The third kappa shape index (κ3) is 3.54. The molecule has 0 aliphatic heterocycles. The summed E-state index contributed by atoms with van der Waals surface area (Å²) in [7, 11) is -0.664. The van der Waals surface area contributed by atoms with Crippen molar-refractivity contribution in [2.75, 3.05) is 19.4 Å². The van der Waals surface area contributed by atoms with Crippen molar-refractivity contribution in [3.05, 3.63) is 47.5 Å². The number of aryl methyl sites for hydroxylation is 1. The zero-order chi connectivity index (χ0) is 17.2. The molecule has 1 heterocycles. The van der Waals surface area contributed by atoms with E-state index in [-0.39, 0.29) is 10.6 Å². The van der Waals surface area contributed by atoms with Gasteiger partial charge in [0, 0.05) is 32.2 Å². The van der Waals surface area contributed by atoms with Gasteiger partial charge in [-0.3, -0.25) is 9.78 Å². The average molecular weight is 334 g/mol. The van der Waals surface area contributed by atoms with E-state index in [1.54, 1.807) is 13.0 Å². The summed E-state index contributed by atoms with van der Waals surface area (Å²) in [6.45, 7) is 3.61. The molecule has 0 aliphatic carbocycles. The minimum absolute atomic E-state index is 0.125. The minimum Gasteiger partial charge on any atom is -0.320 e. The summed E-state index contributed by atoms with van der Waals surface area (Å²) >= 11 is 0. The molecule has 0 saturated carbocycles. The fourth-order valence-corrected chi connectivity index (χ4v) is 2.93. The van der Waals surface area contributed by atoms with Crippen molar-refractivity contribution in [1.82, 2.24) is 14.3 Å². The second-order valence-electron chi connectivity index (χ2n) is 5.24. The quantitative estimate of drug-likeness (QED) is 0.917. The van der Waals surface area contributed by atoms with E-state index in [1.165, 1.54) is 38.8 Å². The van der Waals surface area contributed by atoms with Crippen molar-refractivity contribution in [3.63, 3.8) is 0 Å². The Kier molecular flexibility index (Phi) is 4.76. The number of amides is 1. The van der Waals surface area contributed by atoms with Gasteiger partial charge in [-0.15, -0.1) is 0 Å². The monoisotopic (exact) mass is 334 g/mol. The van der Waals surface area contributed by atoms with Gasteiger partial charge in [-0.2, -0.15) is 0 Å². The van der Waals surface area contributed by atoms with Crippen LogP contribution >= 0.6 is 0 Å². The third-order valence-electron chi connectivity index (χ3n) is 3.46. The van der Waals surface area contributed by atoms with Gasteiger partial charge in [-0.25, -0.2) is 17.7 Å². The molecule has 1 aromatic heterocycles. The van der Waals surface area contributed by atoms with Crippen LogP contribution in [0.25, 0.3) is 0 Å². The molecule has 0 bridgehead atoms. The lowest BCUT2D eigenvalue weighted by molar-refractivity contribution is 0.102. The summed E-state index contributed by atoms with van der Waals surface area (Å²) in [6, 6.07) is 3.04. The second-order valence-corrected chi connectivity index (χ2v) is 7.40. The lowest BCUT2D eigenvalue weighted by Crippen LogP contribution is -2.23. The first-order chi connectivity index (χ1) is 10.7. The highest BCUT2D eigenvalue weighted by atomic mass is 32.2. The maximum atomic E-state index is 12.3. The van der Waals surface area contributed by atoms with Gasteiger partial charge in [0.25, 0.3) is 5.91 Å². The van der Waals surface area contributed by atoms with E-state index in [9.17, 15) is 13.2 Å². The Hall–Kier alpha value is -2.32. The molecular weight excluding hydrogens is 316 g/mol. The number of aromatic nitrogens is 2. The Morgan fingerprint density at radius 2 is 1.87 bits per heavy atom. The van der Waals surface area contributed by atoms with Gasteiger partial charge >= 0.3 is 0 Å². The number of nitrogens with zero attached hydrogens (tertiary/aromatic N) is 3. The number of carbonyl (C=O) groups is 1. The summed E-state index contributed by atoms with van der Waals surface area (Å²) in [5.74, 6) is -0.444. The standard InChI is InChI=1S/C15H18N4O3S/c1-10-7-12(23(21,22)19(3)4)8-13(11(10)2)18-15(20)14-9-16-5-6-17-14/h5-9H,1-4H3,(H,18,20). The van der Waals surface area contributed by atoms with Crippen LogP contribution in [0.4, 0.5) is 5.69 Å². The molecule has 8 heteroatoms. The molecule has 1 aromatic carbocycles. The zero-order valence-electron chi connectivity index (χ0n) is 13.4. The first-order valence-electron chi connectivity index (χ1n) is 6.84. The molecule has 0 aliphatic rings. The maximum Gasteiger partial charge on any atom is 0.275 e. The highest BCUT2D eigenvalue weighted by molar-refractivity contribution is 7.89. The molecule has 0 spiro atoms. The first-order valence-corrected chi connectivity index (χ1v) is 8.28. The van der Waals surface area contributed by atoms with Crippen LogP contribution in [0, 0.1) is 13.8 Å². The van der Waals surface area contributed by atoms with E-state index >= 15 is 0 Å². The molecule has 0 unspecified atom stereocenters. The topological polar surface area (TPSA) is 92.3 Å². The highest BCUT2D eigenvalue weighted by Crippen LogP contribution is 2.25. The largest absolute Gasteiger partial charge is 0.320 e. The number of benzene rings is 1. The molecular formula is C15H18N4O3S. The van der Waals surface area contributed by atoms with Crippen molar-refractivity contribution in [2.45, 2.75) is 18.7 Å². The molecule has 1 N–H and O–H groups in total. The normalized spacial score (nSPS) is 11.5. The average Bonchev–Trinajstić information content (AvgIpc) is 2.52. The number of hydrogen-bond acceptors (Lipinski definition) is 5. The number of rotatable bonds is 4. The van der Waals surface area contributed by atoms with Crippen molar-refractivity contribution < 1.29 is 13.2 Å². The smallest absolute Gasteiger partial charge is 0.275 e. The SMILES string of the molecule is Cc1cc(S(=O)(=O)N(C)C)cc(NC(=O)c2cnccn2)c1C. The van der Waals surface area contributed by atoms with Crippen molar-refractivity contribution in [1.29, 1.82) is 0 Å². The van der Waals surface area contributed by atoms with Crippen LogP contribution in [0.2, 0.25) is 0 Å². The molecule has 0 saturated heterocycles. The van der Waals surface area contributed by atoms with Gasteiger partial charge in [0.2, 0.25) is 10.0 Å². The van der Waals surface area contributed by atoms with Crippen LogP contribution in [0.1, 0.15) is 21.6 Å². The summed E-state index contributed by atoms with van der Waals surface area (Å²) in [4.78, 5) is 20.1. The van der Waals surface area contributed by atoms with Crippen LogP contribution in [0.15, 0.2) is 35.6 Å². The van der Waals surface area contributed by atoms with E-state index in [4.69, 9.17) is 0 Å².